The van der Waals surface area contributed by atoms with Crippen LogP contribution in [-0.2, 0) is 4.79 Å². The predicted octanol–water partition coefficient (Wildman–Crippen LogP) is 4.12. The Balaban J connectivity index is 1.60. The van der Waals surface area contributed by atoms with Crippen molar-refractivity contribution in [3.63, 3.8) is 0 Å². The zero-order valence-electron chi connectivity index (χ0n) is 14.7. The molecule has 2 aromatic carbocycles. The monoisotopic (exact) mass is 357 g/mol. The molecule has 0 bridgehead atoms. The van der Waals surface area contributed by atoms with E-state index in [-0.39, 0.29) is 17.2 Å². The van der Waals surface area contributed by atoms with Crippen molar-refractivity contribution in [1.29, 1.82) is 0 Å². The maximum Gasteiger partial charge on any atom is 0.233 e. The lowest BCUT2D eigenvalue weighted by atomic mass is 10.1. The van der Waals surface area contributed by atoms with Crippen molar-refractivity contribution in [1.82, 2.24) is 5.32 Å². The average Bonchev–Trinajstić information content (AvgIpc) is 2.63. The first-order valence-corrected chi connectivity index (χ1v) is 9.34. The van der Waals surface area contributed by atoms with Gasteiger partial charge in [0, 0.05) is 4.90 Å². The van der Waals surface area contributed by atoms with Crippen molar-refractivity contribution in [3.05, 3.63) is 53.6 Å². The molecule has 1 aliphatic rings. The zero-order chi connectivity index (χ0) is 17.8. The van der Waals surface area contributed by atoms with Gasteiger partial charge in [-0.15, -0.1) is 11.8 Å². The molecular weight excluding hydrogens is 334 g/mol. The van der Waals surface area contributed by atoms with Gasteiger partial charge in [0.05, 0.1) is 11.3 Å². The molecule has 1 aliphatic heterocycles. The third kappa shape index (κ3) is 4.48. The Morgan fingerprint density at radius 2 is 1.72 bits per heavy atom. The molecular formula is C20H23NO3S. The van der Waals surface area contributed by atoms with Crippen LogP contribution in [0.5, 0.6) is 11.5 Å². The molecule has 5 heteroatoms. The van der Waals surface area contributed by atoms with Crippen LogP contribution in [0.15, 0.2) is 47.4 Å². The van der Waals surface area contributed by atoms with Gasteiger partial charge in [0.25, 0.3) is 0 Å². The predicted molar refractivity (Wildman–Crippen MR) is 100 cm³/mol. The highest BCUT2D eigenvalue weighted by Crippen LogP contribution is 2.32. The van der Waals surface area contributed by atoms with E-state index in [0.29, 0.717) is 13.2 Å². The molecule has 0 aromatic heterocycles. The number of thioether (sulfide) groups is 1. The molecule has 0 aliphatic carbocycles. The van der Waals surface area contributed by atoms with Gasteiger partial charge in [-0.25, -0.2) is 0 Å². The van der Waals surface area contributed by atoms with E-state index in [4.69, 9.17) is 9.47 Å². The lowest BCUT2D eigenvalue weighted by Crippen LogP contribution is -2.33. The minimum absolute atomic E-state index is 0.0213. The summed E-state index contributed by atoms with van der Waals surface area (Å²) >= 11 is 1.56. The van der Waals surface area contributed by atoms with Crippen LogP contribution < -0.4 is 14.8 Å². The van der Waals surface area contributed by atoms with Crippen LogP contribution >= 0.6 is 11.8 Å². The number of amides is 1. The highest BCUT2D eigenvalue weighted by atomic mass is 32.2. The van der Waals surface area contributed by atoms with E-state index < -0.39 is 0 Å². The van der Waals surface area contributed by atoms with Gasteiger partial charge in [-0.3, -0.25) is 4.79 Å². The summed E-state index contributed by atoms with van der Waals surface area (Å²) in [5.74, 6) is 1.52. The van der Waals surface area contributed by atoms with E-state index in [0.717, 1.165) is 22.0 Å². The van der Waals surface area contributed by atoms with Crippen LogP contribution in [0, 0.1) is 6.92 Å². The highest BCUT2D eigenvalue weighted by molar-refractivity contribution is 8.00. The summed E-state index contributed by atoms with van der Waals surface area (Å²) in [6.07, 6.45) is 0. The number of carbonyl (C=O) groups is 1. The Hall–Kier alpha value is -2.14. The number of ether oxygens (including phenoxy) is 2. The molecule has 0 fully saturated rings. The second kappa shape index (κ2) is 7.83. The van der Waals surface area contributed by atoms with E-state index in [1.165, 1.54) is 5.56 Å². The summed E-state index contributed by atoms with van der Waals surface area (Å²) in [6.45, 7) is 7.09. The fraction of sp³-hybridized carbons (Fsp3) is 0.350. The van der Waals surface area contributed by atoms with Gasteiger partial charge in [-0.1, -0.05) is 23.8 Å². The van der Waals surface area contributed by atoms with Crippen molar-refractivity contribution in [2.45, 2.75) is 37.0 Å². The average molecular weight is 357 g/mol. The van der Waals surface area contributed by atoms with Crippen LogP contribution in [-0.4, -0.2) is 24.4 Å². The Morgan fingerprint density at radius 1 is 1.04 bits per heavy atom. The maximum atomic E-state index is 12.5. The Kier molecular flexibility index (Phi) is 5.53. The van der Waals surface area contributed by atoms with Gasteiger partial charge in [0.15, 0.2) is 11.5 Å². The van der Waals surface area contributed by atoms with Gasteiger partial charge in [0.2, 0.25) is 5.91 Å². The molecule has 1 heterocycles. The standard InChI is InChI=1S/C20H23NO3S/c1-13-4-7-17(8-5-13)25-15(3)20(22)21-14(2)16-6-9-18-19(12-16)24-11-10-23-18/h4-9,12,14-15H,10-11H2,1-3H3,(H,21,22)/t14-,15+/m1/s1. The normalized spacial score (nSPS) is 15.3. The molecule has 132 valence electrons. The summed E-state index contributed by atoms with van der Waals surface area (Å²) in [6, 6.07) is 13.9. The second-order valence-electron chi connectivity index (χ2n) is 6.21. The Morgan fingerprint density at radius 3 is 2.44 bits per heavy atom. The summed E-state index contributed by atoms with van der Waals surface area (Å²) in [7, 11) is 0. The third-order valence-electron chi connectivity index (χ3n) is 4.13. The molecule has 25 heavy (non-hydrogen) atoms. The molecule has 0 spiro atoms. The van der Waals surface area contributed by atoms with Crippen LogP contribution in [0.4, 0.5) is 0 Å². The molecule has 1 amide bonds. The van der Waals surface area contributed by atoms with E-state index >= 15 is 0 Å². The fourth-order valence-electron chi connectivity index (χ4n) is 2.62. The Labute approximate surface area is 152 Å². The van der Waals surface area contributed by atoms with E-state index in [1.807, 2.05) is 44.2 Å². The molecule has 0 saturated carbocycles. The van der Waals surface area contributed by atoms with Crippen molar-refractivity contribution in [2.24, 2.45) is 0 Å². The van der Waals surface area contributed by atoms with E-state index in [9.17, 15) is 4.79 Å². The first-order valence-electron chi connectivity index (χ1n) is 8.46. The minimum atomic E-state index is -0.164. The molecule has 0 radical (unpaired) electrons. The van der Waals surface area contributed by atoms with Gasteiger partial charge < -0.3 is 14.8 Å². The van der Waals surface area contributed by atoms with Crippen molar-refractivity contribution in [2.75, 3.05) is 13.2 Å². The summed E-state index contributed by atoms with van der Waals surface area (Å²) in [4.78, 5) is 13.6. The van der Waals surface area contributed by atoms with Gasteiger partial charge in [-0.2, -0.15) is 0 Å². The Bertz CT molecular complexity index is 745. The third-order valence-corrected chi connectivity index (χ3v) is 5.24. The van der Waals surface area contributed by atoms with Crippen LogP contribution in [0.3, 0.4) is 0 Å². The van der Waals surface area contributed by atoms with Crippen molar-refractivity contribution in [3.8, 4) is 11.5 Å². The van der Waals surface area contributed by atoms with Crippen LogP contribution in [0.25, 0.3) is 0 Å². The lowest BCUT2D eigenvalue weighted by molar-refractivity contribution is -0.120. The van der Waals surface area contributed by atoms with Gasteiger partial charge >= 0.3 is 0 Å². The molecule has 2 aromatic rings. The summed E-state index contributed by atoms with van der Waals surface area (Å²) < 4.78 is 11.2. The largest absolute Gasteiger partial charge is 0.486 e. The van der Waals surface area contributed by atoms with Gasteiger partial charge in [0.1, 0.15) is 13.2 Å². The number of benzene rings is 2. The van der Waals surface area contributed by atoms with Crippen LogP contribution in [0.2, 0.25) is 0 Å². The second-order valence-corrected chi connectivity index (χ2v) is 7.62. The SMILES string of the molecule is Cc1ccc(S[C@@H](C)C(=O)N[C@H](C)c2ccc3c(c2)OCCO3)cc1. The van der Waals surface area contributed by atoms with Gasteiger partial charge in [-0.05, 0) is 50.6 Å². The highest BCUT2D eigenvalue weighted by Gasteiger charge is 2.19. The lowest BCUT2D eigenvalue weighted by Gasteiger charge is -2.22. The number of hydrogen-bond donors (Lipinski definition) is 1. The number of carbonyl (C=O) groups excluding carboxylic acids is 1. The smallest absolute Gasteiger partial charge is 0.233 e. The van der Waals surface area contributed by atoms with Crippen molar-refractivity contribution >= 4 is 17.7 Å². The van der Waals surface area contributed by atoms with Crippen LogP contribution in [0.1, 0.15) is 31.0 Å². The summed E-state index contributed by atoms with van der Waals surface area (Å²) in [5.41, 5.74) is 2.22. The number of fused-ring (bicyclic) bond motifs is 1. The number of aryl methyl sites for hydroxylation is 1. The van der Waals surface area contributed by atoms with Crippen molar-refractivity contribution < 1.29 is 14.3 Å². The maximum absolute atomic E-state index is 12.5. The molecule has 0 saturated heterocycles. The fourth-order valence-corrected chi connectivity index (χ4v) is 3.49. The number of nitrogens with one attached hydrogen (secondary N) is 1. The number of rotatable bonds is 5. The zero-order valence-corrected chi connectivity index (χ0v) is 15.6. The van der Waals surface area contributed by atoms with E-state index in [1.54, 1.807) is 11.8 Å². The molecule has 2 atom stereocenters. The number of hydrogen-bond acceptors (Lipinski definition) is 4. The van der Waals surface area contributed by atoms with E-state index in [2.05, 4.69) is 24.4 Å². The first kappa shape index (κ1) is 17.7. The molecule has 3 rings (SSSR count). The molecule has 0 unspecified atom stereocenters. The summed E-state index contributed by atoms with van der Waals surface area (Å²) in [5, 5.41) is 2.91. The minimum Gasteiger partial charge on any atom is -0.486 e. The molecule has 4 nitrogen and oxygen atoms in total. The first-order chi connectivity index (χ1) is 12.0. The quantitative estimate of drug-likeness (QED) is 0.818. The topological polar surface area (TPSA) is 47.6 Å². The molecule has 1 N–H and O–H groups in total.